The van der Waals surface area contributed by atoms with Gasteiger partial charge in [-0.3, -0.25) is 4.79 Å². The zero-order valence-corrected chi connectivity index (χ0v) is 14.0. The lowest BCUT2D eigenvalue weighted by atomic mass is 10.1. The van der Waals surface area contributed by atoms with Gasteiger partial charge in [-0.1, -0.05) is 6.07 Å². The number of H-pyrrole nitrogens is 1. The van der Waals surface area contributed by atoms with Crippen LogP contribution >= 0.6 is 0 Å². The number of carbonyl (C=O) groups excluding carboxylic acids is 1. The first-order valence-corrected chi connectivity index (χ1v) is 8.34. The third kappa shape index (κ3) is 3.25. The maximum Gasteiger partial charge on any atom is 0.225 e. The van der Waals surface area contributed by atoms with Crippen LogP contribution in [0.15, 0.2) is 18.2 Å². The third-order valence-corrected chi connectivity index (χ3v) is 4.36. The zero-order chi connectivity index (χ0) is 17.4. The highest BCUT2D eigenvalue weighted by molar-refractivity contribution is 5.76. The highest BCUT2D eigenvalue weighted by Crippen LogP contribution is 2.22. The summed E-state index contributed by atoms with van der Waals surface area (Å²) in [5.74, 6) is 1.75. The summed E-state index contributed by atoms with van der Waals surface area (Å²) in [4.78, 5) is 23.4. The molecule has 8 nitrogen and oxygen atoms in total. The number of fused-ring (bicyclic) bond motifs is 1. The minimum absolute atomic E-state index is 0.0480. The molecule has 1 atom stereocenters. The summed E-state index contributed by atoms with van der Waals surface area (Å²) < 4.78 is 7.37. The van der Waals surface area contributed by atoms with E-state index < -0.39 is 5.91 Å². The van der Waals surface area contributed by atoms with Crippen LogP contribution < -0.4 is 5.73 Å². The number of amides is 1. The predicted molar refractivity (Wildman–Crippen MR) is 91.0 cm³/mol. The zero-order valence-electron chi connectivity index (χ0n) is 14.0. The second-order valence-corrected chi connectivity index (χ2v) is 6.40. The molecule has 1 aliphatic rings. The van der Waals surface area contributed by atoms with Crippen molar-refractivity contribution in [1.29, 1.82) is 0 Å². The molecular weight excluding hydrogens is 320 g/mol. The van der Waals surface area contributed by atoms with Gasteiger partial charge in [0.25, 0.3) is 0 Å². The van der Waals surface area contributed by atoms with Crippen LogP contribution in [0.3, 0.4) is 0 Å². The summed E-state index contributed by atoms with van der Waals surface area (Å²) in [6.07, 6.45) is 1.56. The number of carbonyl (C=O) groups is 1. The lowest BCUT2D eigenvalue weighted by molar-refractivity contribution is -0.117. The molecule has 2 aromatic heterocycles. The van der Waals surface area contributed by atoms with E-state index in [9.17, 15) is 4.79 Å². The Labute approximate surface area is 144 Å². The number of benzene rings is 1. The predicted octanol–water partition coefficient (Wildman–Crippen LogP) is 1.04. The van der Waals surface area contributed by atoms with Gasteiger partial charge in [0.1, 0.15) is 11.6 Å². The van der Waals surface area contributed by atoms with Gasteiger partial charge in [-0.25, -0.2) is 14.6 Å². The Kier molecular flexibility index (Phi) is 3.96. The molecule has 1 amide bonds. The molecule has 25 heavy (non-hydrogen) atoms. The number of ether oxygens (including phenoxy) is 1. The number of imidazole rings is 1. The van der Waals surface area contributed by atoms with Crippen LogP contribution in [0, 0.1) is 6.92 Å². The highest BCUT2D eigenvalue weighted by atomic mass is 16.5. The fourth-order valence-corrected chi connectivity index (χ4v) is 3.24. The van der Waals surface area contributed by atoms with Crippen LogP contribution in [0.2, 0.25) is 0 Å². The Morgan fingerprint density at radius 2 is 2.32 bits per heavy atom. The van der Waals surface area contributed by atoms with Gasteiger partial charge in [0.15, 0.2) is 5.82 Å². The van der Waals surface area contributed by atoms with E-state index in [0.29, 0.717) is 25.5 Å². The molecule has 0 saturated carbocycles. The van der Waals surface area contributed by atoms with Crippen LogP contribution in [-0.2, 0) is 22.4 Å². The lowest BCUT2D eigenvalue weighted by Gasteiger charge is -2.11. The molecule has 1 saturated heterocycles. The number of nitrogens with one attached hydrogen (secondary N) is 1. The molecule has 3 aromatic rings. The molecule has 4 rings (SSSR count). The molecule has 1 fully saturated rings. The molecular formula is C17H20N6O2. The van der Waals surface area contributed by atoms with Crippen molar-refractivity contribution in [2.24, 2.45) is 5.73 Å². The third-order valence-electron chi connectivity index (χ3n) is 4.36. The van der Waals surface area contributed by atoms with Crippen LogP contribution in [0.25, 0.3) is 11.0 Å². The van der Waals surface area contributed by atoms with Gasteiger partial charge in [-0.15, -0.1) is 0 Å². The Balaban J connectivity index is 1.66. The molecule has 130 valence electrons. The average molecular weight is 340 g/mol. The number of nitrogens with two attached hydrogens (primary N) is 1. The topological polar surface area (TPSA) is 112 Å². The van der Waals surface area contributed by atoms with Gasteiger partial charge >= 0.3 is 0 Å². The first kappa shape index (κ1) is 15.8. The number of hydrogen-bond donors (Lipinski definition) is 2. The average Bonchev–Trinajstić information content (AvgIpc) is 3.25. The lowest BCUT2D eigenvalue weighted by Crippen LogP contribution is -2.16. The summed E-state index contributed by atoms with van der Waals surface area (Å²) in [6.45, 7) is 3.27. The van der Waals surface area contributed by atoms with Crippen molar-refractivity contribution in [1.82, 2.24) is 24.7 Å². The highest BCUT2D eigenvalue weighted by Gasteiger charge is 2.23. The van der Waals surface area contributed by atoms with Crippen LogP contribution in [-0.4, -0.2) is 43.9 Å². The van der Waals surface area contributed by atoms with Crippen molar-refractivity contribution in [3.05, 3.63) is 41.2 Å². The maximum absolute atomic E-state index is 11.2. The van der Waals surface area contributed by atoms with Crippen molar-refractivity contribution < 1.29 is 9.53 Å². The molecule has 0 spiro atoms. The minimum atomic E-state index is -0.430. The van der Waals surface area contributed by atoms with E-state index in [-0.39, 0.29) is 12.5 Å². The molecule has 0 bridgehead atoms. The molecule has 3 heterocycles. The van der Waals surface area contributed by atoms with Crippen LogP contribution in [0.1, 0.15) is 35.5 Å². The van der Waals surface area contributed by atoms with Gasteiger partial charge < -0.3 is 15.5 Å². The maximum atomic E-state index is 11.2. The molecule has 3 N–H and O–H groups in total. The molecule has 0 aliphatic carbocycles. The van der Waals surface area contributed by atoms with Crippen LogP contribution in [0.5, 0.6) is 0 Å². The summed E-state index contributed by atoms with van der Waals surface area (Å²) in [5, 5.41) is 4.50. The Morgan fingerprint density at radius 1 is 1.44 bits per heavy atom. The summed E-state index contributed by atoms with van der Waals surface area (Å²) >= 11 is 0. The summed E-state index contributed by atoms with van der Waals surface area (Å²) in [5.41, 5.74) is 8.34. The largest absolute Gasteiger partial charge is 0.379 e. The fourth-order valence-electron chi connectivity index (χ4n) is 3.24. The quantitative estimate of drug-likeness (QED) is 0.721. The van der Waals surface area contributed by atoms with E-state index in [1.165, 1.54) is 0 Å². The molecule has 0 radical (unpaired) electrons. The standard InChI is InChI=1S/C17H20N6O2/c1-10-19-13-3-2-11(6-14(13)20-10)7-17-21-16(8-15(18)24)22-23(17)12-4-5-25-9-12/h2-3,6,12H,4-5,7-9H2,1H3,(H2,18,24)(H,19,20). The van der Waals surface area contributed by atoms with E-state index in [4.69, 9.17) is 10.5 Å². The Hall–Kier alpha value is -2.74. The molecule has 1 aliphatic heterocycles. The number of aromatic nitrogens is 5. The number of rotatable bonds is 5. The molecule has 1 unspecified atom stereocenters. The van der Waals surface area contributed by atoms with Crippen molar-refractivity contribution >= 4 is 16.9 Å². The minimum Gasteiger partial charge on any atom is -0.379 e. The molecule has 1 aromatic carbocycles. The van der Waals surface area contributed by atoms with Crippen molar-refractivity contribution in [2.45, 2.75) is 32.2 Å². The number of primary amides is 1. The van der Waals surface area contributed by atoms with Crippen molar-refractivity contribution in [3.8, 4) is 0 Å². The van der Waals surface area contributed by atoms with Gasteiger partial charge in [0.2, 0.25) is 5.91 Å². The van der Waals surface area contributed by atoms with Gasteiger partial charge in [0, 0.05) is 13.0 Å². The van der Waals surface area contributed by atoms with Gasteiger partial charge in [-0.2, -0.15) is 5.10 Å². The van der Waals surface area contributed by atoms with Gasteiger partial charge in [0.05, 0.1) is 30.1 Å². The van der Waals surface area contributed by atoms with Gasteiger partial charge in [-0.05, 0) is 31.0 Å². The first-order valence-electron chi connectivity index (χ1n) is 8.34. The Bertz CT molecular complexity index is 923. The number of nitrogens with zero attached hydrogens (tertiary/aromatic N) is 4. The number of hydrogen-bond acceptors (Lipinski definition) is 5. The summed E-state index contributed by atoms with van der Waals surface area (Å²) in [6, 6.07) is 6.27. The van der Waals surface area contributed by atoms with E-state index in [2.05, 4.69) is 26.1 Å². The van der Waals surface area contributed by atoms with E-state index in [0.717, 1.165) is 34.7 Å². The summed E-state index contributed by atoms with van der Waals surface area (Å²) in [7, 11) is 0. The van der Waals surface area contributed by atoms with Crippen molar-refractivity contribution in [3.63, 3.8) is 0 Å². The normalized spacial score (nSPS) is 17.4. The SMILES string of the molecule is Cc1nc2ccc(Cc3nc(CC(N)=O)nn3C3CCOC3)cc2[nH]1. The fraction of sp³-hybridized carbons (Fsp3) is 0.412. The van der Waals surface area contributed by atoms with Crippen LogP contribution in [0.4, 0.5) is 0 Å². The first-order chi connectivity index (χ1) is 12.1. The van der Waals surface area contributed by atoms with Crippen molar-refractivity contribution in [2.75, 3.05) is 13.2 Å². The number of aromatic amines is 1. The monoisotopic (exact) mass is 340 g/mol. The van der Waals surface area contributed by atoms with E-state index in [1.54, 1.807) is 0 Å². The number of aryl methyl sites for hydroxylation is 1. The second kappa shape index (κ2) is 6.29. The smallest absolute Gasteiger partial charge is 0.225 e. The second-order valence-electron chi connectivity index (χ2n) is 6.40. The van der Waals surface area contributed by atoms with E-state index in [1.807, 2.05) is 23.7 Å². The van der Waals surface area contributed by atoms with E-state index >= 15 is 0 Å². The molecule has 8 heteroatoms. The Morgan fingerprint density at radius 3 is 3.08 bits per heavy atom.